The van der Waals surface area contributed by atoms with E-state index < -0.39 is 10.8 Å². The molecule has 2 aliphatic rings. The molecule has 0 bridgehead atoms. The Labute approximate surface area is 166 Å². The van der Waals surface area contributed by atoms with Crippen LogP contribution in [-0.4, -0.2) is 16.6 Å². The fourth-order valence-corrected chi connectivity index (χ4v) is 4.42. The maximum atomic E-state index is 13.0. The van der Waals surface area contributed by atoms with E-state index in [9.17, 15) is 19.7 Å². The molecule has 6 nitrogen and oxygen atoms in total. The van der Waals surface area contributed by atoms with E-state index in [1.807, 2.05) is 18.2 Å². The van der Waals surface area contributed by atoms with Gasteiger partial charge in [0.05, 0.1) is 4.92 Å². The van der Waals surface area contributed by atoms with Gasteiger partial charge in [-0.1, -0.05) is 41.9 Å². The fourth-order valence-electron chi connectivity index (χ4n) is 4.13. The molecule has 1 aliphatic carbocycles. The number of carbonyl (C=O) groups excluding carboxylic acids is 2. The summed E-state index contributed by atoms with van der Waals surface area (Å²) in [5.74, 6) is -0.821. The fraction of sp³-hybridized carbons (Fsp3) is 0.238. The Balaban J connectivity index is 1.74. The number of allylic oxidation sites excluding steroid dienone is 2. The van der Waals surface area contributed by atoms with Crippen molar-refractivity contribution in [1.82, 2.24) is 5.32 Å². The maximum absolute atomic E-state index is 13.0. The Hall–Kier alpha value is -2.99. The number of nitrogens with one attached hydrogen (secondary N) is 1. The highest BCUT2D eigenvalue weighted by Gasteiger charge is 2.38. The van der Waals surface area contributed by atoms with Crippen molar-refractivity contribution in [2.45, 2.75) is 31.1 Å². The molecule has 142 valence electrons. The van der Waals surface area contributed by atoms with E-state index in [0.717, 1.165) is 5.56 Å². The highest BCUT2D eigenvalue weighted by molar-refractivity contribution is 6.31. The van der Waals surface area contributed by atoms with Crippen molar-refractivity contribution in [1.29, 1.82) is 0 Å². The van der Waals surface area contributed by atoms with Crippen LogP contribution < -0.4 is 5.32 Å². The summed E-state index contributed by atoms with van der Waals surface area (Å²) in [6.07, 6.45) is 0.897. The van der Waals surface area contributed by atoms with Crippen LogP contribution in [0.25, 0.3) is 0 Å². The predicted molar refractivity (Wildman–Crippen MR) is 104 cm³/mol. The number of halogens is 1. The summed E-state index contributed by atoms with van der Waals surface area (Å²) >= 11 is 6.30. The monoisotopic (exact) mass is 396 g/mol. The molecule has 0 spiro atoms. The number of nitro benzene ring substituents is 1. The van der Waals surface area contributed by atoms with E-state index in [4.69, 9.17) is 11.6 Å². The minimum atomic E-state index is -0.474. The van der Waals surface area contributed by atoms with Gasteiger partial charge in [-0.3, -0.25) is 19.7 Å². The second-order valence-electron chi connectivity index (χ2n) is 7.10. The summed E-state index contributed by atoms with van der Waals surface area (Å²) in [6.45, 7) is 0. The minimum absolute atomic E-state index is 0.0529. The molecule has 0 unspecified atom stereocenters. The summed E-state index contributed by atoms with van der Waals surface area (Å²) in [7, 11) is 0. The third kappa shape index (κ3) is 3.31. The Morgan fingerprint density at radius 1 is 1.04 bits per heavy atom. The first-order chi connectivity index (χ1) is 13.4. The molecule has 1 aliphatic heterocycles. The number of benzene rings is 2. The zero-order valence-electron chi connectivity index (χ0n) is 14.9. The van der Waals surface area contributed by atoms with Crippen LogP contribution in [-0.2, 0) is 9.59 Å². The third-order valence-corrected chi connectivity index (χ3v) is 5.71. The van der Waals surface area contributed by atoms with E-state index in [2.05, 4.69) is 5.32 Å². The maximum Gasteiger partial charge on any atom is 0.269 e. The molecule has 2 atom stereocenters. The van der Waals surface area contributed by atoms with Gasteiger partial charge in [-0.2, -0.15) is 0 Å². The lowest BCUT2D eigenvalue weighted by Gasteiger charge is -2.34. The molecule has 1 N–H and O–H groups in total. The SMILES string of the molecule is O=C1C[C@H](c2cccc([N+](=O)[O-])c2)C2=C(C[C@@H](c3ccccc3Cl)CC2=O)N1. The van der Waals surface area contributed by atoms with E-state index in [0.29, 0.717) is 34.7 Å². The van der Waals surface area contributed by atoms with Crippen LogP contribution in [0.3, 0.4) is 0 Å². The molecule has 0 radical (unpaired) electrons. The van der Waals surface area contributed by atoms with Crippen LogP contribution in [0.4, 0.5) is 5.69 Å². The quantitative estimate of drug-likeness (QED) is 0.620. The van der Waals surface area contributed by atoms with Crippen molar-refractivity contribution in [3.63, 3.8) is 0 Å². The van der Waals surface area contributed by atoms with Crippen molar-refractivity contribution in [3.05, 3.63) is 86.1 Å². The number of nitro groups is 1. The lowest BCUT2D eigenvalue weighted by Crippen LogP contribution is -2.38. The number of non-ortho nitro benzene ring substituents is 1. The molecule has 4 rings (SSSR count). The Bertz CT molecular complexity index is 1030. The molecular formula is C21H17ClN2O4. The molecule has 1 amide bonds. The summed E-state index contributed by atoms with van der Waals surface area (Å²) < 4.78 is 0. The highest BCUT2D eigenvalue weighted by Crippen LogP contribution is 2.44. The minimum Gasteiger partial charge on any atom is -0.329 e. The van der Waals surface area contributed by atoms with Crippen LogP contribution in [0, 0.1) is 10.1 Å². The second-order valence-corrected chi connectivity index (χ2v) is 7.51. The van der Waals surface area contributed by atoms with E-state index in [1.54, 1.807) is 18.2 Å². The number of nitrogens with zero attached hydrogens (tertiary/aromatic N) is 1. The zero-order chi connectivity index (χ0) is 19.8. The predicted octanol–water partition coefficient (Wildman–Crippen LogP) is 4.25. The van der Waals surface area contributed by atoms with Gasteiger partial charge in [0.25, 0.3) is 5.69 Å². The first-order valence-corrected chi connectivity index (χ1v) is 9.36. The van der Waals surface area contributed by atoms with Crippen molar-refractivity contribution >= 4 is 29.0 Å². The summed E-state index contributed by atoms with van der Waals surface area (Å²) in [5, 5.41) is 14.6. The molecule has 7 heteroatoms. The number of ketones is 1. The molecule has 28 heavy (non-hydrogen) atoms. The van der Waals surface area contributed by atoms with Gasteiger partial charge in [0, 0.05) is 47.2 Å². The molecule has 0 saturated carbocycles. The van der Waals surface area contributed by atoms with Crippen molar-refractivity contribution in [3.8, 4) is 0 Å². The topological polar surface area (TPSA) is 89.3 Å². The van der Waals surface area contributed by atoms with Gasteiger partial charge >= 0.3 is 0 Å². The number of carbonyl (C=O) groups is 2. The van der Waals surface area contributed by atoms with E-state index in [1.165, 1.54) is 12.1 Å². The van der Waals surface area contributed by atoms with E-state index in [-0.39, 0.29) is 29.7 Å². The van der Waals surface area contributed by atoms with Crippen LogP contribution in [0.5, 0.6) is 0 Å². The van der Waals surface area contributed by atoms with Crippen LogP contribution in [0.1, 0.15) is 42.2 Å². The number of Topliss-reactive ketones (excluding diaryl/α,β-unsaturated/α-hetero) is 1. The lowest BCUT2D eigenvalue weighted by molar-refractivity contribution is -0.384. The normalized spacial score (nSPS) is 21.9. The van der Waals surface area contributed by atoms with Gasteiger partial charge in [-0.25, -0.2) is 0 Å². The summed E-state index contributed by atoms with van der Waals surface area (Å²) in [5.41, 5.74) is 2.61. The van der Waals surface area contributed by atoms with Gasteiger partial charge in [0.15, 0.2) is 5.78 Å². The molecule has 0 saturated heterocycles. The first-order valence-electron chi connectivity index (χ1n) is 8.99. The standard InChI is InChI=1S/C21H17ClN2O4/c22-17-7-2-1-6-15(17)13-9-18-21(19(25)10-13)16(11-20(26)23-18)12-4-3-5-14(8-12)24(27)28/h1-8,13,16H,9-11H2,(H,23,26)/t13-,16-/m1/s1. The second kappa shape index (κ2) is 7.20. The number of amides is 1. The Morgan fingerprint density at radius 3 is 2.57 bits per heavy atom. The molecule has 2 aromatic carbocycles. The highest BCUT2D eigenvalue weighted by atomic mass is 35.5. The molecule has 2 aromatic rings. The van der Waals surface area contributed by atoms with Gasteiger partial charge in [0.1, 0.15) is 0 Å². The van der Waals surface area contributed by atoms with Gasteiger partial charge < -0.3 is 5.32 Å². The van der Waals surface area contributed by atoms with Crippen molar-refractivity contribution < 1.29 is 14.5 Å². The smallest absolute Gasteiger partial charge is 0.269 e. The van der Waals surface area contributed by atoms with Crippen LogP contribution in [0.15, 0.2) is 59.8 Å². The first kappa shape index (κ1) is 18.4. The molecule has 0 fully saturated rings. The van der Waals surface area contributed by atoms with Crippen molar-refractivity contribution in [2.24, 2.45) is 0 Å². The Morgan fingerprint density at radius 2 is 1.82 bits per heavy atom. The van der Waals surface area contributed by atoms with Crippen LogP contribution >= 0.6 is 11.6 Å². The summed E-state index contributed by atoms with van der Waals surface area (Å²) in [6, 6.07) is 13.6. The molecule has 0 aromatic heterocycles. The summed E-state index contributed by atoms with van der Waals surface area (Å²) in [4.78, 5) is 36.0. The zero-order valence-corrected chi connectivity index (χ0v) is 15.6. The number of rotatable bonds is 3. The van der Waals surface area contributed by atoms with Crippen LogP contribution in [0.2, 0.25) is 5.02 Å². The van der Waals surface area contributed by atoms with Crippen molar-refractivity contribution in [2.75, 3.05) is 0 Å². The Kier molecular flexibility index (Phi) is 4.73. The molecule has 1 heterocycles. The number of hydrogen-bond acceptors (Lipinski definition) is 4. The van der Waals surface area contributed by atoms with Gasteiger partial charge in [-0.15, -0.1) is 0 Å². The van der Waals surface area contributed by atoms with Gasteiger partial charge in [0.2, 0.25) is 5.91 Å². The van der Waals surface area contributed by atoms with E-state index >= 15 is 0 Å². The van der Waals surface area contributed by atoms with Gasteiger partial charge in [-0.05, 0) is 29.5 Å². The largest absolute Gasteiger partial charge is 0.329 e. The number of hydrogen-bond donors (Lipinski definition) is 1. The average Bonchev–Trinajstić information content (AvgIpc) is 2.67. The average molecular weight is 397 g/mol. The third-order valence-electron chi connectivity index (χ3n) is 5.36. The lowest BCUT2D eigenvalue weighted by atomic mass is 9.73. The molecular weight excluding hydrogens is 380 g/mol.